The molecule has 3 N–H and O–H groups in total. The van der Waals surface area contributed by atoms with Gasteiger partial charge in [-0.3, -0.25) is 0 Å². The van der Waals surface area contributed by atoms with Crippen molar-refractivity contribution in [2.24, 2.45) is 0 Å². The fourth-order valence-electron chi connectivity index (χ4n) is 2.25. The first kappa shape index (κ1) is 10.2. The first-order valence-electron chi connectivity index (χ1n) is 5.54. The van der Waals surface area contributed by atoms with Gasteiger partial charge in [0.15, 0.2) is 5.69 Å². The Bertz CT molecular complexity index is 572. The van der Waals surface area contributed by atoms with Crippen LogP contribution in [-0.2, 0) is 0 Å². The standard InChI is InChI=1S/C11H12N4O2/c16-11(17)8-3-7-10(14-5-13-7)9(15-8)6-1-2-12-4-6/h3,5-6,12H,1-2,4H2,(H,13,14)(H,16,17). The van der Waals surface area contributed by atoms with E-state index < -0.39 is 5.97 Å². The van der Waals surface area contributed by atoms with Gasteiger partial charge >= 0.3 is 5.97 Å². The molecule has 1 atom stereocenters. The predicted octanol–water partition coefficient (Wildman–Crippen LogP) is 0.733. The molecular weight excluding hydrogens is 220 g/mol. The Balaban J connectivity index is 2.19. The van der Waals surface area contributed by atoms with Crippen LogP contribution in [0.5, 0.6) is 0 Å². The first-order valence-corrected chi connectivity index (χ1v) is 5.54. The molecule has 1 fully saturated rings. The van der Waals surface area contributed by atoms with Crippen molar-refractivity contribution in [1.29, 1.82) is 0 Å². The number of hydrogen-bond acceptors (Lipinski definition) is 4. The van der Waals surface area contributed by atoms with Crippen LogP contribution < -0.4 is 5.32 Å². The van der Waals surface area contributed by atoms with E-state index in [9.17, 15) is 4.79 Å². The van der Waals surface area contributed by atoms with Gasteiger partial charge in [-0.1, -0.05) is 0 Å². The molecule has 1 aliphatic heterocycles. The number of pyridine rings is 1. The number of imidazole rings is 1. The minimum Gasteiger partial charge on any atom is -0.477 e. The molecule has 1 aliphatic rings. The molecule has 0 aromatic carbocycles. The Morgan fingerprint density at radius 3 is 3.12 bits per heavy atom. The van der Waals surface area contributed by atoms with E-state index in [1.54, 1.807) is 6.33 Å². The molecule has 6 nitrogen and oxygen atoms in total. The summed E-state index contributed by atoms with van der Waals surface area (Å²) in [6.45, 7) is 1.77. The minimum absolute atomic E-state index is 0.0728. The average Bonchev–Trinajstić information content (AvgIpc) is 2.98. The Morgan fingerprint density at radius 2 is 2.41 bits per heavy atom. The summed E-state index contributed by atoms with van der Waals surface area (Å²) in [7, 11) is 0. The van der Waals surface area contributed by atoms with Crippen LogP contribution in [0, 0.1) is 0 Å². The molecule has 88 valence electrons. The maximum Gasteiger partial charge on any atom is 0.354 e. The number of nitrogens with one attached hydrogen (secondary N) is 2. The largest absolute Gasteiger partial charge is 0.477 e. The van der Waals surface area contributed by atoms with Crippen molar-refractivity contribution in [3.63, 3.8) is 0 Å². The van der Waals surface area contributed by atoms with E-state index in [-0.39, 0.29) is 11.6 Å². The van der Waals surface area contributed by atoms with Gasteiger partial charge in [0.2, 0.25) is 0 Å². The molecule has 0 bridgehead atoms. The van der Waals surface area contributed by atoms with Crippen molar-refractivity contribution >= 4 is 17.0 Å². The molecule has 3 heterocycles. The summed E-state index contributed by atoms with van der Waals surface area (Å²) in [6, 6.07) is 1.52. The topological polar surface area (TPSA) is 90.9 Å². The number of carboxylic acid groups (broad SMARTS) is 1. The lowest BCUT2D eigenvalue weighted by Gasteiger charge is -2.09. The van der Waals surface area contributed by atoms with Gasteiger partial charge in [0.25, 0.3) is 0 Å². The fraction of sp³-hybridized carbons (Fsp3) is 0.364. The predicted molar refractivity (Wildman–Crippen MR) is 61.1 cm³/mol. The van der Waals surface area contributed by atoms with Crippen LogP contribution in [0.15, 0.2) is 12.4 Å². The van der Waals surface area contributed by atoms with Crippen molar-refractivity contribution in [2.45, 2.75) is 12.3 Å². The third-order valence-corrected chi connectivity index (χ3v) is 3.10. The van der Waals surface area contributed by atoms with Gasteiger partial charge in [0.1, 0.15) is 5.52 Å². The fourth-order valence-corrected chi connectivity index (χ4v) is 2.25. The second-order valence-electron chi connectivity index (χ2n) is 4.19. The molecule has 0 amide bonds. The quantitative estimate of drug-likeness (QED) is 0.710. The molecule has 0 spiro atoms. The number of rotatable bonds is 2. The summed E-state index contributed by atoms with van der Waals surface area (Å²) < 4.78 is 0. The highest BCUT2D eigenvalue weighted by atomic mass is 16.4. The van der Waals surface area contributed by atoms with Crippen LogP contribution in [0.4, 0.5) is 0 Å². The number of aromatic carboxylic acids is 1. The summed E-state index contributed by atoms with van der Waals surface area (Å²) in [5.41, 5.74) is 2.37. The lowest BCUT2D eigenvalue weighted by Crippen LogP contribution is -2.11. The molecule has 6 heteroatoms. The van der Waals surface area contributed by atoms with Crippen LogP contribution in [0.2, 0.25) is 0 Å². The average molecular weight is 232 g/mol. The highest BCUT2D eigenvalue weighted by Gasteiger charge is 2.23. The Morgan fingerprint density at radius 1 is 1.53 bits per heavy atom. The number of aromatic nitrogens is 3. The van der Waals surface area contributed by atoms with Crippen molar-refractivity contribution in [3.8, 4) is 0 Å². The number of aromatic amines is 1. The van der Waals surface area contributed by atoms with E-state index in [1.807, 2.05) is 0 Å². The molecule has 17 heavy (non-hydrogen) atoms. The zero-order chi connectivity index (χ0) is 11.8. The number of fused-ring (bicyclic) bond motifs is 1. The van der Waals surface area contributed by atoms with Crippen molar-refractivity contribution in [2.75, 3.05) is 13.1 Å². The van der Waals surface area contributed by atoms with Gasteiger partial charge in [-0.05, 0) is 19.0 Å². The SMILES string of the molecule is O=C(O)c1cc2[nH]cnc2c(C2CCNC2)n1. The van der Waals surface area contributed by atoms with E-state index in [0.29, 0.717) is 0 Å². The van der Waals surface area contributed by atoms with Crippen LogP contribution >= 0.6 is 0 Å². The van der Waals surface area contributed by atoms with Crippen LogP contribution in [-0.4, -0.2) is 39.1 Å². The van der Waals surface area contributed by atoms with Crippen LogP contribution in [0.3, 0.4) is 0 Å². The van der Waals surface area contributed by atoms with Gasteiger partial charge in [0.05, 0.1) is 17.5 Å². The monoisotopic (exact) mass is 232 g/mol. The first-order chi connectivity index (χ1) is 8.25. The Kier molecular flexibility index (Phi) is 2.29. The summed E-state index contributed by atoms with van der Waals surface area (Å²) in [6.07, 6.45) is 2.54. The summed E-state index contributed by atoms with van der Waals surface area (Å²) in [5, 5.41) is 12.3. The van der Waals surface area contributed by atoms with Crippen molar-refractivity contribution in [1.82, 2.24) is 20.3 Å². The summed E-state index contributed by atoms with van der Waals surface area (Å²) >= 11 is 0. The van der Waals surface area contributed by atoms with E-state index in [0.717, 1.165) is 36.2 Å². The minimum atomic E-state index is -1.01. The molecule has 1 unspecified atom stereocenters. The molecule has 1 saturated heterocycles. The second-order valence-corrected chi connectivity index (χ2v) is 4.19. The normalized spacial score (nSPS) is 19.9. The molecule has 3 rings (SSSR count). The smallest absolute Gasteiger partial charge is 0.354 e. The summed E-state index contributed by atoms with van der Waals surface area (Å²) in [5.74, 6) is -0.756. The Labute approximate surface area is 97.1 Å². The highest BCUT2D eigenvalue weighted by Crippen LogP contribution is 2.26. The number of nitrogens with zero attached hydrogens (tertiary/aromatic N) is 2. The zero-order valence-electron chi connectivity index (χ0n) is 9.10. The molecule has 0 saturated carbocycles. The second kappa shape index (κ2) is 3.81. The van der Waals surface area contributed by atoms with E-state index in [1.165, 1.54) is 6.07 Å². The molecule has 0 aliphatic carbocycles. The summed E-state index contributed by atoms with van der Waals surface area (Å²) in [4.78, 5) is 22.4. The lowest BCUT2D eigenvalue weighted by molar-refractivity contribution is 0.0690. The van der Waals surface area contributed by atoms with Gasteiger partial charge in [-0.2, -0.15) is 0 Å². The molecule has 0 radical (unpaired) electrons. The number of carboxylic acids is 1. The highest BCUT2D eigenvalue weighted by molar-refractivity contribution is 5.90. The van der Waals surface area contributed by atoms with Gasteiger partial charge in [0, 0.05) is 12.5 Å². The molecular formula is C11H12N4O2. The van der Waals surface area contributed by atoms with E-state index >= 15 is 0 Å². The van der Waals surface area contributed by atoms with Crippen LogP contribution in [0.25, 0.3) is 11.0 Å². The van der Waals surface area contributed by atoms with E-state index in [2.05, 4.69) is 20.3 Å². The van der Waals surface area contributed by atoms with Crippen LogP contribution in [0.1, 0.15) is 28.5 Å². The maximum absolute atomic E-state index is 11.0. The maximum atomic E-state index is 11.0. The number of carbonyl (C=O) groups is 1. The van der Waals surface area contributed by atoms with Crippen molar-refractivity contribution < 1.29 is 9.90 Å². The molecule has 2 aromatic heterocycles. The van der Waals surface area contributed by atoms with Gasteiger partial charge in [-0.25, -0.2) is 14.8 Å². The third-order valence-electron chi connectivity index (χ3n) is 3.10. The number of hydrogen-bond donors (Lipinski definition) is 3. The van der Waals surface area contributed by atoms with Gasteiger partial charge in [-0.15, -0.1) is 0 Å². The molecule has 2 aromatic rings. The Hall–Kier alpha value is -1.95. The van der Waals surface area contributed by atoms with Crippen molar-refractivity contribution in [3.05, 3.63) is 23.8 Å². The lowest BCUT2D eigenvalue weighted by atomic mass is 10.0. The van der Waals surface area contributed by atoms with Gasteiger partial charge < -0.3 is 15.4 Å². The number of H-pyrrole nitrogens is 1. The van der Waals surface area contributed by atoms with E-state index in [4.69, 9.17) is 5.11 Å². The zero-order valence-corrected chi connectivity index (χ0v) is 9.10. The third kappa shape index (κ3) is 1.66.